The Morgan fingerprint density at radius 1 is 1.12 bits per heavy atom. The Morgan fingerprint density at radius 3 is 2.56 bits per heavy atom. The van der Waals surface area contributed by atoms with E-state index in [-0.39, 0.29) is 17.8 Å². The van der Waals surface area contributed by atoms with E-state index in [0.717, 1.165) is 18.4 Å². The fraction of sp³-hybridized carbons (Fsp3) is 0.348. The third-order valence-corrected chi connectivity index (χ3v) is 5.64. The van der Waals surface area contributed by atoms with E-state index in [2.05, 4.69) is 20.4 Å². The first kappa shape index (κ1) is 23.5. The van der Waals surface area contributed by atoms with Crippen molar-refractivity contribution < 1.29 is 4.79 Å². The van der Waals surface area contributed by atoms with E-state index in [1.165, 1.54) is 0 Å². The highest BCUT2D eigenvalue weighted by Gasteiger charge is 2.22. The number of anilines is 1. The minimum Gasteiger partial charge on any atom is -0.309 e. The van der Waals surface area contributed by atoms with Gasteiger partial charge in [0.15, 0.2) is 22.8 Å². The largest absolute Gasteiger partial charge is 0.330 e. The number of hydrogen-bond acceptors (Lipinski definition) is 5. The molecule has 0 radical (unpaired) electrons. The predicted molar refractivity (Wildman–Crippen MR) is 131 cm³/mol. The summed E-state index contributed by atoms with van der Waals surface area (Å²) >= 11 is 6.00. The molecule has 0 atom stereocenters. The lowest BCUT2D eigenvalue weighted by atomic mass is 10.1. The molecule has 0 spiro atoms. The average Bonchev–Trinajstić information content (AvgIpc) is 3.31. The van der Waals surface area contributed by atoms with Crippen molar-refractivity contribution in [3.8, 4) is 11.5 Å². The Kier molecular flexibility index (Phi) is 6.69. The van der Waals surface area contributed by atoms with Gasteiger partial charge in [0.2, 0.25) is 5.91 Å². The number of nitrogens with zero attached hydrogens (tertiary/aromatic N) is 5. The number of benzene rings is 1. The monoisotopic (exact) mass is 483 g/mol. The Labute approximate surface area is 200 Å². The van der Waals surface area contributed by atoms with Gasteiger partial charge >= 0.3 is 5.69 Å². The molecule has 11 heteroatoms. The molecule has 0 saturated heterocycles. The second kappa shape index (κ2) is 9.68. The molecule has 1 aromatic carbocycles. The van der Waals surface area contributed by atoms with Crippen LogP contribution in [0.25, 0.3) is 22.7 Å². The summed E-state index contributed by atoms with van der Waals surface area (Å²) in [6, 6.07) is 8.82. The second-order valence-electron chi connectivity index (χ2n) is 8.06. The van der Waals surface area contributed by atoms with Gasteiger partial charge in [-0.3, -0.25) is 23.8 Å². The summed E-state index contributed by atoms with van der Waals surface area (Å²) in [6.07, 6.45) is 1.65. The number of fused-ring (bicyclic) bond motifs is 1. The highest BCUT2D eigenvalue weighted by atomic mass is 35.5. The van der Waals surface area contributed by atoms with Gasteiger partial charge in [-0.15, -0.1) is 0 Å². The smallest absolute Gasteiger partial charge is 0.309 e. The van der Waals surface area contributed by atoms with Crippen molar-refractivity contribution in [1.82, 2.24) is 28.9 Å². The molecular weight excluding hydrogens is 458 g/mol. The molecule has 4 rings (SSSR count). The number of nitrogens with one attached hydrogen (secondary N) is 2. The minimum atomic E-state index is -0.527. The lowest BCUT2D eigenvalue weighted by Crippen LogP contribution is -2.31. The van der Waals surface area contributed by atoms with Gasteiger partial charge < -0.3 is 9.88 Å². The standard InChI is InChI=1S/C23H26ClN7O3/c1-4-9-30-20(26-19-21(33)27-23(34)31(10-5-2)22(19)30)16-13-17(28-29(16)3)25-18(32)12-14-7-6-8-15(24)11-14/h6-8,11,13H,4-5,9-10,12H2,1-3H3,(H,25,28,32)(H,27,33,34). The molecule has 0 unspecified atom stereocenters. The Hall–Kier alpha value is -3.66. The molecule has 0 aliphatic rings. The summed E-state index contributed by atoms with van der Waals surface area (Å²) in [4.78, 5) is 44.6. The third kappa shape index (κ3) is 4.54. The maximum absolute atomic E-state index is 12.6. The SMILES string of the molecule is CCCn1c(-c2cc(NC(=O)Cc3cccc(Cl)c3)nn2C)nc2c(=O)[nH]c(=O)n(CCC)c21. The molecule has 1 amide bonds. The fourth-order valence-electron chi connectivity index (χ4n) is 4.01. The number of hydrogen-bond donors (Lipinski definition) is 2. The van der Waals surface area contributed by atoms with E-state index < -0.39 is 11.2 Å². The molecule has 3 heterocycles. The molecule has 0 aliphatic carbocycles. The fourth-order valence-corrected chi connectivity index (χ4v) is 4.22. The number of carbonyl (C=O) groups excluding carboxylic acids is 1. The van der Waals surface area contributed by atoms with Crippen molar-refractivity contribution in [3.63, 3.8) is 0 Å². The Morgan fingerprint density at radius 2 is 1.85 bits per heavy atom. The topological polar surface area (TPSA) is 120 Å². The number of carbonyl (C=O) groups is 1. The van der Waals surface area contributed by atoms with Gasteiger partial charge in [-0.05, 0) is 30.5 Å². The van der Waals surface area contributed by atoms with Crippen LogP contribution < -0.4 is 16.6 Å². The van der Waals surface area contributed by atoms with Gasteiger partial charge in [-0.25, -0.2) is 9.78 Å². The maximum atomic E-state index is 12.6. The van der Waals surface area contributed by atoms with Gasteiger partial charge in [-0.1, -0.05) is 37.6 Å². The number of aromatic amines is 1. The molecule has 2 N–H and O–H groups in total. The van der Waals surface area contributed by atoms with Crippen LogP contribution in [0.1, 0.15) is 32.3 Å². The number of aryl methyl sites for hydroxylation is 3. The lowest BCUT2D eigenvalue weighted by Gasteiger charge is -2.11. The van der Waals surface area contributed by atoms with Crippen LogP contribution >= 0.6 is 11.6 Å². The van der Waals surface area contributed by atoms with E-state index in [0.29, 0.717) is 41.1 Å². The first-order valence-corrected chi connectivity index (χ1v) is 11.5. The number of halogens is 1. The first-order chi connectivity index (χ1) is 16.3. The predicted octanol–water partition coefficient (Wildman–Crippen LogP) is 2.94. The van der Waals surface area contributed by atoms with E-state index in [1.807, 2.05) is 24.5 Å². The maximum Gasteiger partial charge on any atom is 0.330 e. The first-order valence-electron chi connectivity index (χ1n) is 11.1. The van der Waals surface area contributed by atoms with Crippen molar-refractivity contribution in [2.24, 2.45) is 7.05 Å². The molecular formula is C23H26ClN7O3. The van der Waals surface area contributed by atoms with E-state index in [4.69, 9.17) is 11.6 Å². The zero-order valence-corrected chi connectivity index (χ0v) is 20.0. The van der Waals surface area contributed by atoms with Crippen LogP contribution in [0.15, 0.2) is 39.9 Å². The van der Waals surface area contributed by atoms with Crippen molar-refractivity contribution in [1.29, 1.82) is 0 Å². The molecule has 10 nitrogen and oxygen atoms in total. The van der Waals surface area contributed by atoms with Gasteiger partial charge in [0.1, 0.15) is 5.69 Å². The van der Waals surface area contributed by atoms with E-state index >= 15 is 0 Å². The van der Waals surface area contributed by atoms with Gasteiger partial charge in [0.25, 0.3) is 5.56 Å². The summed E-state index contributed by atoms with van der Waals surface area (Å²) in [5.41, 5.74) is 1.10. The van der Waals surface area contributed by atoms with E-state index in [9.17, 15) is 14.4 Å². The minimum absolute atomic E-state index is 0.152. The Bertz CT molecular complexity index is 1480. The number of amides is 1. The number of H-pyrrole nitrogens is 1. The van der Waals surface area contributed by atoms with Crippen LogP contribution in [0.5, 0.6) is 0 Å². The average molecular weight is 484 g/mol. The van der Waals surface area contributed by atoms with Crippen LogP contribution in [0.2, 0.25) is 5.02 Å². The Balaban J connectivity index is 1.73. The van der Waals surface area contributed by atoms with Crippen molar-refractivity contribution >= 4 is 34.5 Å². The van der Waals surface area contributed by atoms with Crippen LogP contribution in [-0.4, -0.2) is 34.8 Å². The molecule has 178 valence electrons. The highest BCUT2D eigenvalue weighted by molar-refractivity contribution is 6.30. The summed E-state index contributed by atoms with van der Waals surface area (Å²) in [5, 5.41) is 7.78. The normalized spacial score (nSPS) is 11.3. The quantitative estimate of drug-likeness (QED) is 0.399. The summed E-state index contributed by atoms with van der Waals surface area (Å²) in [6.45, 7) is 4.98. The lowest BCUT2D eigenvalue weighted by molar-refractivity contribution is -0.115. The molecule has 3 aromatic heterocycles. The molecule has 34 heavy (non-hydrogen) atoms. The summed E-state index contributed by atoms with van der Waals surface area (Å²) in [7, 11) is 1.74. The molecule has 0 aliphatic heterocycles. The van der Waals surface area contributed by atoms with Crippen LogP contribution in [0.3, 0.4) is 0 Å². The van der Waals surface area contributed by atoms with Crippen LogP contribution in [0, 0.1) is 0 Å². The van der Waals surface area contributed by atoms with Crippen molar-refractivity contribution in [3.05, 3.63) is 61.8 Å². The van der Waals surface area contributed by atoms with Gasteiger partial charge in [0, 0.05) is 31.2 Å². The van der Waals surface area contributed by atoms with Crippen molar-refractivity contribution in [2.75, 3.05) is 5.32 Å². The molecule has 0 fully saturated rings. The number of imidazole rings is 1. The van der Waals surface area contributed by atoms with Gasteiger partial charge in [-0.2, -0.15) is 5.10 Å². The van der Waals surface area contributed by atoms with Crippen LogP contribution in [-0.2, 0) is 31.4 Å². The van der Waals surface area contributed by atoms with Gasteiger partial charge in [0.05, 0.1) is 6.42 Å². The molecule has 0 bridgehead atoms. The third-order valence-electron chi connectivity index (χ3n) is 5.40. The highest BCUT2D eigenvalue weighted by Crippen LogP contribution is 2.25. The second-order valence-corrected chi connectivity index (χ2v) is 8.50. The molecule has 4 aromatic rings. The van der Waals surface area contributed by atoms with Crippen molar-refractivity contribution in [2.45, 2.75) is 46.2 Å². The van der Waals surface area contributed by atoms with Crippen LogP contribution in [0.4, 0.5) is 5.82 Å². The summed E-state index contributed by atoms with van der Waals surface area (Å²) < 4.78 is 5.02. The molecule has 0 saturated carbocycles. The summed E-state index contributed by atoms with van der Waals surface area (Å²) in [5.74, 6) is 0.629. The number of rotatable bonds is 8. The van der Waals surface area contributed by atoms with E-state index in [1.54, 1.807) is 40.6 Å². The number of aromatic nitrogens is 6. The zero-order valence-electron chi connectivity index (χ0n) is 19.3. The zero-order chi connectivity index (χ0) is 24.4.